The molecule has 1 atom stereocenters. The number of sulfonamides is 1. The lowest BCUT2D eigenvalue weighted by atomic mass is 10.0. The molecule has 22 heavy (non-hydrogen) atoms. The van der Waals surface area contributed by atoms with Gasteiger partial charge in [-0.3, -0.25) is 9.48 Å². The van der Waals surface area contributed by atoms with E-state index in [4.69, 9.17) is 0 Å². The van der Waals surface area contributed by atoms with Gasteiger partial charge in [-0.1, -0.05) is 0 Å². The maximum Gasteiger partial charge on any atom is 0.326 e. The van der Waals surface area contributed by atoms with E-state index in [0.717, 1.165) is 9.18 Å². The first-order valence-electron chi connectivity index (χ1n) is 6.63. The normalized spacial score (nSPS) is 19.1. The van der Waals surface area contributed by atoms with Crippen molar-refractivity contribution in [1.29, 1.82) is 0 Å². The Hall–Kier alpha value is -1.71. The molecule has 0 aromatic carbocycles. The number of hydrogen-bond donors (Lipinski definition) is 1. The summed E-state index contributed by atoms with van der Waals surface area (Å²) in [7, 11) is -2.40. The highest BCUT2D eigenvalue weighted by Crippen LogP contribution is 2.37. The van der Waals surface area contributed by atoms with E-state index in [0.29, 0.717) is 17.5 Å². The molecular formula is C13H15N3O4S2. The fourth-order valence-corrected chi connectivity index (χ4v) is 5.61. The Balaban J connectivity index is 2.13. The fourth-order valence-electron chi connectivity index (χ4n) is 2.83. The van der Waals surface area contributed by atoms with Crippen LogP contribution < -0.4 is 0 Å². The first kappa shape index (κ1) is 15.2. The molecule has 0 spiro atoms. The van der Waals surface area contributed by atoms with E-state index in [1.165, 1.54) is 29.3 Å². The molecule has 0 fully saturated rings. The van der Waals surface area contributed by atoms with Crippen LogP contribution in [0.1, 0.15) is 22.0 Å². The zero-order valence-electron chi connectivity index (χ0n) is 12.1. The van der Waals surface area contributed by atoms with Crippen molar-refractivity contribution in [2.24, 2.45) is 7.05 Å². The first-order chi connectivity index (χ1) is 10.3. The summed E-state index contributed by atoms with van der Waals surface area (Å²) < 4.78 is 28.2. The molecule has 1 N–H and O–H groups in total. The minimum atomic E-state index is -3.94. The number of thiophene rings is 1. The molecule has 0 amide bonds. The van der Waals surface area contributed by atoms with Crippen molar-refractivity contribution in [2.45, 2.75) is 24.4 Å². The molecule has 1 unspecified atom stereocenters. The van der Waals surface area contributed by atoms with Gasteiger partial charge in [0.1, 0.15) is 6.04 Å². The lowest BCUT2D eigenvalue weighted by Gasteiger charge is -2.32. The maximum absolute atomic E-state index is 12.9. The second kappa shape index (κ2) is 5.18. The Morgan fingerprint density at radius 1 is 1.50 bits per heavy atom. The highest BCUT2D eigenvalue weighted by atomic mass is 32.2. The van der Waals surface area contributed by atoms with E-state index < -0.39 is 22.0 Å². The van der Waals surface area contributed by atoms with Gasteiger partial charge in [-0.05, 0) is 30.4 Å². The quantitative estimate of drug-likeness (QED) is 0.904. The molecule has 3 heterocycles. The average molecular weight is 341 g/mol. The number of aryl methyl sites for hydroxylation is 2. The Morgan fingerprint density at radius 2 is 2.23 bits per heavy atom. The van der Waals surface area contributed by atoms with Crippen LogP contribution in [-0.2, 0) is 28.3 Å². The Morgan fingerprint density at radius 3 is 2.82 bits per heavy atom. The molecular weight excluding hydrogens is 326 g/mol. The molecule has 0 aliphatic carbocycles. The lowest BCUT2D eigenvalue weighted by molar-refractivity contribution is -0.142. The van der Waals surface area contributed by atoms with E-state index in [1.807, 2.05) is 0 Å². The molecule has 2 aromatic heterocycles. The van der Waals surface area contributed by atoms with Crippen molar-refractivity contribution in [3.8, 4) is 0 Å². The summed E-state index contributed by atoms with van der Waals surface area (Å²) in [4.78, 5) is 12.6. The second-order valence-corrected chi connectivity index (χ2v) is 7.97. The smallest absolute Gasteiger partial charge is 0.326 e. The summed E-state index contributed by atoms with van der Waals surface area (Å²) in [6.45, 7) is 1.80. The summed E-state index contributed by atoms with van der Waals surface area (Å²) in [6.07, 6.45) is 1.98. The number of carboxylic acid groups (broad SMARTS) is 1. The number of carbonyl (C=O) groups is 1. The molecule has 0 radical (unpaired) electrons. The number of carboxylic acids is 1. The monoisotopic (exact) mass is 341 g/mol. The van der Waals surface area contributed by atoms with Crippen molar-refractivity contribution < 1.29 is 18.3 Å². The SMILES string of the molecule is Cc1cnn(C)c1S(=O)(=O)N1CCc2sccc2C1C(=O)O. The molecule has 3 rings (SSSR count). The van der Waals surface area contributed by atoms with Crippen LogP contribution in [-0.4, -0.2) is 40.1 Å². The predicted molar refractivity (Wildman–Crippen MR) is 80.2 cm³/mol. The van der Waals surface area contributed by atoms with Crippen LogP contribution in [0.15, 0.2) is 22.7 Å². The highest BCUT2D eigenvalue weighted by molar-refractivity contribution is 7.89. The van der Waals surface area contributed by atoms with Crippen LogP contribution in [0.5, 0.6) is 0 Å². The minimum absolute atomic E-state index is 0.0393. The molecule has 0 bridgehead atoms. The first-order valence-corrected chi connectivity index (χ1v) is 8.95. The summed E-state index contributed by atoms with van der Waals surface area (Å²) in [6, 6.07) is 0.505. The second-order valence-electron chi connectivity index (χ2n) is 5.16. The van der Waals surface area contributed by atoms with Crippen LogP contribution in [0, 0.1) is 6.92 Å². The van der Waals surface area contributed by atoms with Gasteiger partial charge in [0.15, 0.2) is 5.03 Å². The summed E-state index contributed by atoms with van der Waals surface area (Å²) in [5.74, 6) is -1.16. The van der Waals surface area contributed by atoms with Crippen molar-refractivity contribution in [3.05, 3.63) is 33.6 Å². The van der Waals surface area contributed by atoms with Gasteiger partial charge in [0.25, 0.3) is 10.0 Å². The van der Waals surface area contributed by atoms with Gasteiger partial charge in [-0.2, -0.15) is 9.40 Å². The molecule has 1 aliphatic rings. The van der Waals surface area contributed by atoms with Crippen LogP contribution >= 0.6 is 11.3 Å². The third kappa shape index (κ3) is 2.16. The Bertz CT molecular complexity index is 818. The van der Waals surface area contributed by atoms with Crippen molar-refractivity contribution in [2.75, 3.05) is 6.54 Å². The molecule has 9 heteroatoms. The third-order valence-corrected chi connectivity index (χ3v) is 6.85. The highest BCUT2D eigenvalue weighted by Gasteiger charge is 2.42. The van der Waals surface area contributed by atoms with Gasteiger partial charge in [-0.15, -0.1) is 11.3 Å². The minimum Gasteiger partial charge on any atom is -0.480 e. The standard InChI is InChI=1S/C13H15N3O4S2/c1-8-7-14-15(2)12(8)22(19,20)16-5-3-10-9(4-6-21-10)11(16)13(17)18/h4,6-7,11H,3,5H2,1-2H3,(H,17,18). The van der Waals surface area contributed by atoms with Gasteiger partial charge in [0.2, 0.25) is 0 Å². The topological polar surface area (TPSA) is 92.5 Å². The van der Waals surface area contributed by atoms with Crippen molar-refractivity contribution >= 4 is 27.3 Å². The van der Waals surface area contributed by atoms with E-state index in [-0.39, 0.29) is 11.6 Å². The van der Waals surface area contributed by atoms with Crippen LogP contribution in [0.4, 0.5) is 0 Å². The van der Waals surface area contributed by atoms with Gasteiger partial charge in [-0.25, -0.2) is 8.42 Å². The molecule has 0 saturated carbocycles. The van der Waals surface area contributed by atoms with E-state index >= 15 is 0 Å². The van der Waals surface area contributed by atoms with Crippen LogP contribution in [0.3, 0.4) is 0 Å². The predicted octanol–water partition coefficient (Wildman–Crippen LogP) is 1.16. The van der Waals surface area contributed by atoms with E-state index in [2.05, 4.69) is 5.10 Å². The maximum atomic E-state index is 12.9. The number of rotatable bonds is 3. The lowest BCUT2D eigenvalue weighted by Crippen LogP contribution is -2.43. The molecule has 7 nitrogen and oxygen atoms in total. The van der Waals surface area contributed by atoms with E-state index in [9.17, 15) is 18.3 Å². The fraction of sp³-hybridized carbons (Fsp3) is 0.385. The summed E-state index contributed by atoms with van der Waals surface area (Å²) in [5, 5.41) is 15.3. The van der Waals surface area contributed by atoms with E-state index in [1.54, 1.807) is 18.4 Å². The van der Waals surface area contributed by atoms with Gasteiger partial charge >= 0.3 is 5.97 Å². The number of aliphatic carboxylic acids is 1. The van der Waals surface area contributed by atoms with Gasteiger partial charge < -0.3 is 5.11 Å². The number of aromatic nitrogens is 2. The van der Waals surface area contributed by atoms with Crippen LogP contribution in [0.25, 0.3) is 0 Å². The zero-order valence-corrected chi connectivity index (χ0v) is 13.7. The molecule has 2 aromatic rings. The summed E-state index contributed by atoms with van der Waals surface area (Å²) >= 11 is 1.46. The number of fused-ring (bicyclic) bond motifs is 1. The average Bonchev–Trinajstić information content (AvgIpc) is 3.03. The Labute approximate surface area is 131 Å². The van der Waals surface area contributed by atoms with Crippen molar-refractivity contribution in [3.63, 3.8) is 0 Å². The summed E-state index contributed by atoms with van der Waals surface area (Å²) in [5.41, 5.74) is 1.06. The molecule has 0 saturated heterocycles. The zero-order chi connectivity index (χ0) is 16.1. The largest absolute Gasteiger partial charge is 0.480 e. The molecule has 1 aliphatic heterocycles. The van der Waals surface area contributed by atoms with Gasteiger partial charge in [0, 0.05) is 24.0 Å². The Kier molecular flexibility index (Phi) is 3.58. The third-order valence-electron chi connectivity index (χ3n) is 3.76. The molecule has 118 valence electrons. The number of nitrogens with zero attached hydrogens (tertiary/aromatic N) is 3. The number of hydrogen-bond acceptors (Lipinski definition) is 5. The van der Waals surface area contributed by atoms with Gasteiger partial charge in [0.05, 0.1) is 6.20 Å². The van der Waals surface area contributed by atoms with Crippen LogP contribution in [0.2, 0.25) is 0 Å². The van der Waals surface area contributed by atoms with Crippen molar-refractivity contribution in [1.82, 2.24) is 14.1 Å².